The molecule has 0 aromatic carbocycles. The molecule has 3 heteroatoms. The largest absolute Gasteiger partial charge is 0.414 e. The lowest BCUT2D eigenvalue weighted by atomic mass is 9.61. The topological polar surface area (TPSA) is 29.5 Å². The van der Waals surface area contributed by atoms with Crippen LogP contribution in [0.3, 0.4) is 0 Å². The van der Waals surface area contributed by atoms with Crippen LogP contribution in [0, 0.1) is 23.2 Å². The van der Waals surface area contributed by atoms with Gasteiger partial charge in [0.05, 0.1) is 6.10 Å². The quantitative estimate of drug-likeness (QED) is 0.374. The Balaban J connectivity index is 2.11. The maximum atomic E-state index is 10.6. The fourth-order valence-corrected chi connectivity index (χ4v) is 7.22. The van der Waals surface area contributed by atoms with E-state index in [0.29, 0.717) is 23.2 Å². The molecule has 2 aliphatic carbocycles. The van der Waals surface area contributed by atoms with E-state index in [1.54, 1.807) is 0 Å². The Bertz CT molecular complexity index is 521. The average molecular weight is 395 g/mol. The molecule has 0 aliphatic heterocycles. The summed E-state index contributed by atoms with van der Waals surface area (Å²) < 4.78 is 6.86. The van der Waals surface area contributed by atoms with Crippen molar-refractivity contribution in [1.82, 2.24) is 0 Å². The van der Waals surface area contributed by atoms with Gasteiger partial charge in [0, 0.05) is 6.10 Å². The highest BCUT2D eigenvalue weighted by molar-refractivity contribution is 6.74. The third kappa shape index (κ3) is 5.08. The van der Waals surface area contributed by atoms with Crippen LogP contribution in [0.25, 0.3) is 0 Å². The summed E-state index contributed by atoms with van der Waals surface area (Å²) in [7, 11) is -1.79. The SMILES string of the molecule is C=C(C)C[C@@H](CC(C)[C@H]1CC[C@H]2[C@H](O)CCC[C@]12C)O[Si](C)(C)C(C)(C)C. The lowest BCUT2D eigenvalue weighted by Crippen LogP contribution is -2.45. The first-order chi connectivity index (χ1) is 12.3. The molecule has 27 heavy (non-hydrogen) atoms. The molecule has 1 unspecified atom stereocenters. The first-order valence-corrected chi connectivity index (χ1v) is 14.2. The van der Waals surface area contributed by atoms with Crippen molar-refractivity contribution >= 4 is 8.32 Å². The van der Waals surface area contributed by atoms with E-state index in [9.17, 15) is 5.11 Å². The van der Waals surface area contributed by atoms with Gasteiger partial charge < -0.3 is 9.53 Å². The lowest BCUT2D eigenvalue weighted by Gasteiger charge is -2.46. The molecule has 2 saturated carbocycles. The van der Waals surface area contributed by atoms with Gasteiger partial charge in [-0.25, -0.2) is 0 Å². The molecule has 0 aromatic rings. The second-order valence-electron chi connectivity index (χ2n) is 11.6. The zero-order valence-corrected chi connectivity index (χ0v) is 20.4. The summed E-state index contributed by atoms with van der Waals surface area (Å²) in [6.07, 6.45) is 8.29. The van der Waals surface area contributed by atoms with Crippen molar-refractivity contribution in [3.8, 4) is 0 Å². The van der Waals surface area contributed by atoms with E-state index >= 15 is 0 Å². The third-order valence-electron chi connectivity index (χ3n) is 8.33. The lowest BCUT2D eigenvalue weighted by molar-refractivity contribution is -0.0309. The van der Waals surface area contributed by atoms with Crippen LogP contribution in [-0.4, -0.2) is 25.6 Å². The van der Waals surface area contributed by atoms with E-state index < -0.39 is 8.32 Å². The molecular formula is C24H46O2Si. The first kappa shape index (κ1) is 23.2. The van der Waals surface area contributed by atoms with E-state index in [2.05, 4.69) is 61.2 Å². The van der Waals surface area contributed by atoms with Crippen LogP contribution in [0.15, 0.2) is 12.2 Å². The van der Waals surface area contributed by atoms with Crippen molar-refractivity contribution in [1.29, 1.82) is 0 Å². The molecule has 0 aromatic heterocycles. The van der Waals surface area contributed by atoms with Crippen molar-refractivity contribution in [2.75, 3.05) is 0 Å². The molecular weight excluding hydrogens is 348 g/mol. The molecule has 2 rings (SSSR count). The summed E-state index contributed by atoms with van der Waals surface area (Å²) in [5, 5.41) is 10.8. The summed E-state index contributed by atoms with van der Waals surface area (Å²) in [6.45, 7) is 22.9. The van der Waals surface area contributed by atoms with Crippen LogP contribution in [0.5, 0.6) is 0 Å². The molecule has 0 amide bonds. The number of aliphatic hydroxyl groups is 1. The minimum Gasteiger partial charge on any atom is -0.414 e. The van der Waals surface area contributed by atoms with Gasteiger partial charge >= 0.3 is 0 Å². The van der Waals surface area contributed by atoms with Crippen molar-refractivity contribution in [2.24, 2.45) is 23.2 Å². The van der Waals surface area contributed by atoms with Crippen molar-refractivity contribution < 1.29 is 9.53 Å². The van der Waals surface area contributed by atoms with Gasteiger partial charge in [-0.05, 0) is 86.7 Å². The third-order valence-corrected chi connectivity index (χ3v) is 12.9. The average Bonchev–Trinajstić information content (AvgIpc) is 2.83. The van der Waals surface area contributed by atoms with Crippen molar-refractivity contribution in [3.63, 3.8) is 0 Å². The van der Waals surface area contributed by atoms with Gasteiger partial charge in [0.1, 0.15) is 0 Å². The molecule has 0 spiro atoms. The zero-order chi connectivity index (χ0) is 20.6. The second-order valence-corrected chi connectivity index (χ2v) is 16.4. The monoisotopic (exact) mass is 394 g/mol. The van der Waals surface area contributed by atoms with Crippen LogP contribution < -0.4 is 0 Å². The predicted octanol–water partition coefficient (Wildman–Crippen LogP) is 6.95. The summed E-state index contributed by atoms with van der Waals surface area (Å²) in [6, 6.07) is 0. The molecule has 0 radical (unpaired) electrons. The second kappa shape index (κ2) is 8.32. The molecule has 1 N–H and O–H groups in total. The fraction of sp³-hybridized carbons (Fsp3) is 0.917. The number of aliphatic hydroxyl groups excluding tert-OH is 1. The Morgan fingerprint density at radius 1 is 1.26 bits per heavy atom. The Morgan fingerprint density at radius 3 is 2.44 bits per heavy atom. The molecule has 2 fully saturated rings. The van der Waals surface area contributed by atoms with E-state index in [4.69, 9.17) is 4.43 Å². The number of hydrogen-bond donors (Lipinski definition) is 1. The van der Waals surface area contributed by atoms with Gasteiger partial charge in [0.2, 0.25) is 0 Å². The van der Waals surface area contributed by atoms with Gasteiger partial charge in [-0.15, -0.1) is 6.58 Å². The van der Waals surface area contributed by atoms with E-state index in [0.717, 1.165) is 19.3 Å². The molecule has 0 bridgehead atoms. The first-order valence-electron chi connectivity index (χ1n) is 11.3. The molecule has 158 valence electrons. The van der Waals surface area contributed by atoms with Gasteiger partial charge in [0.25, 0.3) is 0 Å². The van der Waals surface area contributed by atoms with Crippen molar-refractivity contribution in [3.05, 3.63) is 12.2 Å². The fourth-order valence-electron chi connectivity index (χ4n) is 5.86. The molecule has 6 atom stereocenters. The summed E-state index contributed by atoms with van der Waals surface area (Å²) >= 11 is 0. The highest BCUT2D eigenvalue weighted by Gasteiger charge is 2.52. The minimum atomic E-state index is -1.79. The number of fused-ring (bicyclic) bond motifs is 1. The van der Waals surface area contributed by atoms with Gasteiger partial charge in [-0.2, -0.15) is 0 Å². The number of rotatable bonds is 7. The van der Waals surface area contributed by atoms with Crippen molar-refractivity contribution in [2.45, 2.75) is 117 Å². The Morgan fingerprint density at radius 2 is 1.89 bits per heavy atom. The zero-order valence-electron chi connectivity index (χ0n) is 19.4. The Kier molecular flexibility index (Phi) is 7.13. The minimum absolute atomic E-state index is 0.0735. The van der Waals surface area contributed by atoms with Crippen LogP contribution in [0.2, 0.25) is 18.1 Å². The summed E-state index contributed by atoms with van der Waals surface area (Å²) in [4.78, 5) is 0. The predicted molar refractivity (Wildman–Crippen MR) is 119 cm³/mol. The van der Waals surface area contributed by atoms with Crippen LogP contribution in [0.1, 0.15) is 86.5 Å². The Labute approximate surface area is 170 Å². The maximum absolute atomic E-state index is 10.6. The van der Waals surface area contributed by atoms with Crippen LogP contribution >= 0.6 is 0 Å². The summed E-state index contributed by atoms with van der Waals surface area (Å²) in [5.74, 6) is 1.87. The van der Waals surface area contributed by atoms with Crippen LogP contribution in [-0.2, 0) is 4.43 Å². The van der Waals surface area contributed by atoms with Crippen LogP contribution in [0.4, 0.5) is 0 Å². The molecule has 2 nitrogen and oxygen atoms in total. The highest BCUT2D eigenvalue weighted by atomic mass is 28.4. The molecule has 0 saturated heterocycles. The summed E-state index contributed by atoms with van der Waals surface area (Å²) in [5.41, 5.74) is 1.55. The number of hydrogen-bond acceptors (Lipinski definition) is 2. The van der Waals surface area contributed by atoms with Gasteiger partial charge in [-0.3, -0.25) is 0 Å². The smallest absolute Gasteiger partial charge is 0.192 e. The highest BCUT2D eigenvalue weighted by Crippen LogP contribution is 2.58. The van der Waals surface area contributed by atoms with Gasteiger partial charge in [-0.1, -0.05) is 46.6 Å². The standard InChI is InChI=1S/C24H46O2Si/c1-17(2)15-19(26-27(8,9)23(4,5)6)16-18(3)20-12-13-21-22(25)11-10-14-24(20,21)7/h18-22,25H,1,10-16H2,2-9H3/t18?,19-,20+,21-,22+,24+/m0/s1. The van der Waals surface area contributed by atoms with Gasteiger partial charge in [0.15, 0.2) is 8.32 Å². The maximum Gasteiger partial charge on any atom is 0.192 e. The van der Waals surface area contributed by atoms with E-state index in [-0.39, 0.29) is 17.2 Å². The molecule has 2 aliphatic rings. The normalized spacial score (nSPS) is 34.2. The van der Waals surface area contributed by atoms with E-state index in [1.807, 2.05) is 0 Å². The molecule has 0 heterocycles. The van der Waals surface area contributed by atoms with E-state index in [1.165, 1.54) is 31.3 Å². The Hall–Kier alpha value is -0.123.